The van der Waals surface area contributed by atoms with Crippen LogP contribution in [-0.4, -0.2) is 16.5 Å². The number of nitrogens with one attached hydrogen (secondary N) is 1. The first kappa shape index (κ1) is 7.31. The minimum atomic E-state index is 0.431. The first-order chi connectivity index (χ1) is 5.83. The minimum Gasteiger partial charge on any atom is -0.298 e. The van der Waals surface area contributed by atoms with Gasteiger partial charge in [0.1, 0.15) is 0 Å². The standard InChI is InChI=1S/C8H5ClN2O/c9-7-6(4-12)2-1-5-3-10-11-8(5)7/h1-4H,(H,10,11). The average molecular weight is 181 g/mol. The van der Waals surface area contributed by atoms with Crippen molar-refractivity contribution in [3.8, 4) is 0 Å². The topological polar surface area (TPSA) is 45.8 Å². The third kappa shape index (κ3) is 0.905. The molecule has 12 heavy (non-hydrogen) atoms. The molecular weight excluding hydrogens is 176 g/mol. The van der Waals surface area contributed by atoms with Gasteiger partial charge in [0.2, 0.25) is 0 Å². The largest absolute Gasteiger partial charge is 0.298 e. The Morgan fingerprint density at radius 3 is 3.08 bits per heavy atom. The number of hydrogen-bond acceptors (Lipinski definition) is 2. The Hall–Kier alpha value is -1.35. The molecule has 0 aliphatic rings. The van der Waals surface area contributed by atoms with Crippen LogP contribution in [0, 0.1) is 0 Å². The van der Waals surface area contributed by atoms with Crippen molar-refractivity contribution in [2.24, 2.45) is 0 Å². The lowest BCUT2D eigenvalue weighted by molar-refractivity contribution is 0.112. The molecule has 0 radical (unpaired) electrons. The van der Waals surface area contributed by atoms with Gasteiger partial charge >= 0.3 is 0 Å². The monoisotopic (exact) mass is 180 g/mol. The fourth-order valence-electron chi connectivity index (χ4n) is 1.09. The van der Waals surface area contributed by atoms with Crippen LogP contribution >= 0.6 is 11.6 Å². The molecule has 1 N–H and O–H groups in total. The summed E-state index contributed by atoms with van der Waals surface area (Å²) in [5, 5.41) is 7.87. The summed E-state index contributed by atoms with van der Waals surface area (Å²) in [4.78, 5) is 10.5. The summed E-state index contributed by atoms with van der Waals surface area (Å²) >= 11 is 5.88. The maximum absolute atomic E-state index is 10.5. The van der Waals surface area contributed by atoms with Crippen molar-refractivity contribution in [2.75, 3.05) is 0 Å². The van der Waals surface area contributed by atoms with Crippen LogP contribution < -0.4 is 0 Å². The number of fused-ring (bicyclic) bond motifs is 1. The lowest BCUT2D eigenvalue weighted by atomic mass is 10.2. The first-order valence-electron chi connectivity index (χ1n) is 3.39. The van der Waals surface area contributed by atoms with Gasteiger partial charge in [0.25, 0.3) is 0 Å². The van der Waals surface area contributed by atoms with Gasteiger partial charge in [-0.1, -0.05) is 17.7 Å². The SMILES string of the molecule is O=Cc1ccc2cn[nH]c2c1Cl. The van der Waals surface area contributed by atoms with E-state index in [4.69, 9.17) is 11.6 Å². The van der Waals surface area contributed by atoms with E-state index in [9.17, 15) is 4.79 Å². The van der Waals surface area contributed by atoms with Crippen molar-refractivity contribution in [1.29, 1.82) is 0 Å². The third-order valence-corrected chi connectivity index (χ3v) is 2.12. The molecule has 60 valence electrons. The van der Waals surface area contributed by atoms with Gasteiger partial charge in [-0.25, -0.2) is 0 Å². The number of aromatic amines is 1. The van der Waals surface area contributed by atoms with E-state index in [0.29, 0.717) is 16.1 Å². The quantitative estimate of drug-likeness (QED) is 0.683. The number of benzene rings is 1. The van der Waals surface area contributed by atoms with E-state index < -0.39 is 0 Å². The summed E-state index contributed by atoms with van der Waals surface area (Å²) in [7, 11) is 0. The average Bonchev–Trinajstić information content (AvgIpc) is 2.53. The zero-order valence-electron chi connectivity index (χ0n) is 6.04. The Morgan fingerprint density at radius 2 is 2.33 bits per heavy atom. The molecule has 4 heteroatoms. The van der Waals surface area contributed by atoms with Crippen LogP contribution in [0.15, 0.2) is 18.3 Å². The zero-order chi connectivity index (χ0) is 8.55. The lowest BCUT2D eigenvalue weighted by Gasteiger charge is -1.95. The number of carbonyl (C=O) groups excluding carboxylic acids is 1. The second kappa shape index (κ2) is 2.60. The molecule has 1 heterocycles. The van der Waals surface area contributed by atoms with Crippen molar-refractivity contribution in [2.45, 2.75) is 0 Å². The number of carbonyl (C=O) groups is 1. The molecular formula is C8H5ClN2O. The summed E-state index contributed by atoms with van der Waals surface area (Å²) in [5.74, 6) is 0. The molecule has 2 aromatic rings. The van der Waals surface area contributed by atoms with Crippen molar-refractivity contribution in [3.63, 3.8) is 0 Å². The Labute approximate surface area is 73.3 Å². The van der Waals surface area contributed by atoms with E-state index in [1.807, 2.05) is 0 Å². The van der Waals surface area contributed by atoms with Gasteiger partial charge in [0, 0.05) is 10.9 Å². The highest BCUT2D eigenvalue weighted by Gasteiger charge is 2.04. The highest BCUT2D eigenvalue weighted by molar-refractivity contribution is 6.37. The van der Waals surface area contributed by atoms with E-state index >= 15 is 0 Å². The van der Waals surface area contributed by atoms with Crippen LogP contribution in [0.5, 0.6) is 0 Å². The van der Waals surface area contributed by atoms with E-state index in [1.54, 1.807) is 18.3 Å². The van der Waals surface area contributed by atoms with Crippen LogP contribution in [0.1, 0.15) is 10.4 Å². The molecule has 0 bridgehead atoms. The van der Waals surface area contributed by atoms with E-state index in [0.717, 1.165) is 11.7 Å². The van der Waals surface area contributed by atoms with E-state index in [1.165, 1.54) is 0 Å². The van der Waals surface area contributed by atoms with Gasteiger partial charge in [-0.2, -0.15) is 5.10 Å². The molecule has 0 atom stereocenters. The molecule has 0 amide bonds. The summed E-state index contributed by atoms with van der Waals surface area (Å²) in [6.07, 6.45) is 2.39. The first-order valence-corrected chi connectivity index (χ1v) is 3.77. The molecule has 0 aliphatic carbocycles. The number of aromatic nitrogens is 2. The van der Waals surface area contributed by atoms with E-state index in [2.05, 4.69) is 10.2 Å². The maximum atomic E-state index is 10.5. The summed E-state index contributed by atoms with van der Waals surface area (Å²) < 4.78 is 0. The molecule has 0 saturated heterocycles. The van der Waals surface area contributed by atoms with Gasteiger partial charge in [0.15, 0.2) is 6.29 Å². The van der Waals surface area contributed by atoms with Gasteiger partial charge in [-0.3, -0.25) is 9.89 Å². The van der Waals surface area contributed by atoms with Gasteiger partial charge in [-0.15, -0.1) is 0 Å². The molecule has 0 saturated carbocycles. The van der Waals surface area contributed by atoms with Gasteiger partial charge < -0.3 is 0 Å². The van der Waals surface area contributed by atoms with Gasteiger partial charge in [0.05, 0.1) is 16.7 Å². The fourth-order valence-corrected chi connectivity index (χ4v) is 1.34. The van der Waals surface area contributed by atoms with Crippen molar-refractivity contribution in [3.05, 3.63) is 28.9 Å². The van der Waals surface area contributed by atoms with Crippen LogP contribution in [0.3, 0.4) is 0 Å². The third-order valence-electron chi connectivity index (χ3n) is 1.71. The van der Waals surface area contributed by atoms with Crippen molar-refractivity contribution < 1.29 is 4.79 Å². The smallest absolute Gasteiger partial charge is 0.151 e. The molecule has 0 fully saturated rings. The maximum Gasteiger partial charge on any atom is 0.151 e. The highest BCUT2D eigenvalue weighted by atomic mass is 35.5. The van der Waals surface area contributed by atoms with Crippen molar-refractivity contribution in [1.82, 2.24) is 10.2 Å². The Morgan fingerprint density at radius 1 is 1.50 bits per heavy atom. The molecule has 3 nitrogen and oxygen atoms in total. The molecule has 0 unspecified atom stereocenters. The number of nitrogens with zero attached hydrogens (tertiary/aromatic N) is 1. The Balaban J connectivity index is 2.86. The second-order valence-electron chi connectivity index (χ2n) is 2.42. The predicted molar refractivity (Wildman–Crippen MR) is 46.5 cm³/mol. The summed E-state index contributed by atoms with van der Waals surface area (Å²) in [6, 6.07) is 3.47. The Bertz CT molecular complexity index is 436. The minimum absolute atomic E-state index is 0.431. The van der Waals surface area contributed by atoms with Crippen LogP contribution in [0.25, 0.3) is 10.9 Å². The molecule has 0 spiro atoms. The van der Waals surface area contributed by atoms with Crippen molar-refractivity contribution >= 4 is 28.8 Å². The normalized spacial score (nSPS) is 10.4. The fraction of sp³-hybridized carbons (Fsp3) is 0. The lowest BCUT2D eigenvalue weighted by Crippen LogP contribution is -1.82. The van der Waals surface area contributed by atoms with Gasteiger partial charge in [-0.05, 0) is 6.07 Å². The predicted octanol–water partition coefficient (Wildman–Crippen LogP) is 2.03. The number of H-pyrrole nitrogens is 1. The van der Waals surface area contributed by atoms with Crippen LogP contribution in [0.4, 0.5) is 0 Å². The van der Waals surface area contributed by atoms with Crippen LogP contribution in [-0.2, 0) is 0 Å². The van der Waals surface area contributed by atoms with Crippen LogP contribution in [0.2, 0.25) is 5.02 Å². The molecule has 1 aromatic heterocycles. The molecule has 0 aliphatic heterocycles. The summed E-state index contributed by atoms with van der Waals surface area (Å²) in [5.41, 5.74) is 1.19. The number of halogens is 1. The second-order valence-corrected chi connectivity index (χ2v) is 2.80. The summed E-state index contributed by atoms with van der Waals surface area (Å²) in [6.45, 7) is 0. The van der Waals surface area contributed by atoms with E-state index in [-0.39, 0.29) is 0 Å². The molecule has 2 rings (SSSR count). The highest BCUT2D eigenvalue weighted by Crippen LogP contribution is 2.23. The number of hydrogen-bond donors (Lipinski definition) is 1. The number of rotatable bonds is 1. The zero-order valence-corrected chi connectivity index (χ0v) is 6.80. The molecule has 1 aromatic carbocycles. The number of aldehydes is 1. The Kier molecular flexibility index (Phi) is 1.59.